The first-order valence-electron chi connectivity index (χ1n) is 5.24. The number of nitrogens with one attached hydrogen (secondary N) is 1. The predicted octanol–water partition coefficient (Wildman–Crippen LogP) is 3.58. The van der Waals surface area contributed by atoms with Crippen molar-refractivity contribution in [2.24, 2.45) is 0 Å². The Bertz CT molecular complexity index is 583. The molecule has 2 N–H and O–H groups in total. The van der Waals surface area contributed by atoms with Crippen molar-refractivity contribution in [3.8, 4) is 0 Å². The lowest BCUT2D eigenvalue weighted by Gasteiger charge is -2.05. The molecular weight excluding hydrogens is 316 g/mol. The van der Waals surface area contributed by atoms with Crippen LogP contribution in [0.3, 0.4) is 0 Å². The van der Waals surface area contributed by atoms with Gasteiger partial charge < -0.3 is 10.4 Å². The van der Waals surface area contributed by atoms with Crippen molar-refractivity contribution in [3.05, 3.63) is 39.3 Å². The maximum Gasteiger partial charge on any atom is 0.309 e. The van der Waals surface area contributed by atoms with Crippen LogP contribution in [0.2, 0.25) is 0 Å². The van der Waals surface area contributed by atoms with Crippen molar-refractivity contribution in [2.75, 3.05) is 5.32 Å². The van der Waals surface area contributed by atoms with Gasteiger partial charge in [0.05, 0.1) is 17.8 Å². The summed E-state index contributed by atoms with van der Waals surface area (Å²) < 4.78 is 0.956. The molecule has 0 aliphatic rings. The predicted molar refractivity (Wildman–Crippen MR) is 75.6 cm³/mol. The van der Waals surface area contributed by atoms with Crippen molar-refractivity contribution in [1.29, 1.82) is 0 Å². The van der Waals surface area contributed by atoms with Gasteiger partial charge in [-0.05, 0) is 40.5 Å². The van der Waals surface area contributed by atoms with E-state index < -0.39 is 5.97 Å². The molecule has 0 radical (unpaired) electrons. The number of carbonyl (C=O) groups is 1. The summed E-state index contributed by atoms with van der Waals surface area (Å²) >= 11 is 4.86. The summed E-state index contributed by atoms with van der Waals surface area (Å²) in [7, 11) is 0. The zero-order chi connectivity index (χ0) is 13.1. The highest BCUT2D eigenvalue weighted by atomic mass is 79.9. The molecule has 0 amide bonds. The number of anilines is 2. The van der Waals surface area contributed by atoms with E-state index in [2.05, 4.69) is 26.2 Å². The number of thiazole rings is 1. The molecule has 0 saturated carbocycles. The summed E-state index contributed by atoms with van der Waals surface area (Å²) in [5, 5.41) is 14.3. The van der Waals surface area contributed by atoms with Crippen LogP contribution in [-0.2, 0) is 11.2 Å². The minimum atomic E-state index is -0.872. The number of rotatable bonds is 4. The van der Waals surface area contributed by atoms with Gasteiger partial charge in [-0.1, -0.05) is 6.07 Å². The second-order valence-electron chi connectivity index (χ2n) is 3.82. The first kappa shape index (κ1) is 13.0. The Balaban J connectivity index is 2.13. The van der Waals surface area contributed by atoms with Crippen LogP contribution < -0.4 is 5.32 Å². The van der Waals surface area contributed by atoms with Gasteiger partial charge in [-0.15, -0.1) is 11.3 Å². The minimum Gasteiger partial charge on any atom is -0.481 e. The van der Waals surface area contributed by atoms with Gasteiger partial charge in [0.2, 0.25) is 0 Å². The third-order valence-electron chi connectivity index (χ3n) is 2.25. The third kappa shape index (κ3) is 3.30. The number of hydrogen-bond acceptors (Lipinski definition) is 4. The number of hydrogen-bond donors (Lipinski definition) is 2. The van der Waals surface area contributed by atoms with E-state index in [1.54, 1.807) is 5.38 Å². The van der Waals surface area contributed by atoms with Gasteiger partial charge in [0.25, 0.3) is 0 Å². The van der Waals surface area contributed by atoms with Gasteiger partial charge in [0.1, 0.15) is 0 Å². The minimum absolute atomic E-state index is 0.0484. The van der Waals surface area contributed by atoms with Crippen LogP contribution in [0.25, 0.3) is 0 Å². The highest BCUT2D eigenvalue weighted by molar-refractivity contribution is 9.10. The second kappa shape index (κ2) is 5.49. The molecule has 0 fully saturated rings. The van der Waals surface area contributed by atoms with Crippen molar-refractivity contribution in [3.63, 3.8) is 0 Å². The molecule has 2 rings (SSSR count). The number of aliphatic carboxylic acids is 1. The third-order valence-corrected chi connectivity index (χ3v) is 3.71. The smallest absolute Gasteiger partial charge is 0.309 e. The summed E-state index contributed by atoms with van der Waals surface area (Å²) in [5.74, 6) is -0.872. The van der Waals surface area contributed by atoms with E-state index in [1.807, 2.05) is 25.1 Å². The summed E-state index contributed by atoms with van der Waals surface area (Å²) in [4.78, 5) is 14.8. The molecule has 6 heteroatoms. The molecule has 1 aromatic heterocycles. The molecule has 94 valence electrons. The van der Waals surface area contributed by atoms with Crippen molar-refractivity contribution in [2.45, 2.75) is 13.3 Å². The molecule has 0 aliphatic carbocycles. The Morgan fingerprint density at radius 1 is 1.56 bits per heavy atom. The van der Waals surface area contributed by atoms with Gasteiger partial charge in [-0.3, -0.25) is 4.79 Å². The van der Waals surface area contributed by atoms with Crippen molar-refractivity contribution < 1.29 is 9.90 Å². The number of aromatic nitrogens is 1. The lowest BCUT2D eigenvalue weighted by molar-refractivity contribution is -0.136. The average Bonchev–Trinajstić information content (AvgIpc) is 2.69. The fourth-order valence-corrected chi connectivity index (χ4v) is 2.75. The van der Waals surface area contributed by atoms with Gasteiger partial charge in [-0.2, -0.15) is 0 Å². The van der Waals surface area contributed by atoms with Gasteiger partial charge in [0.15, 0.2) is 5.13 Å². The largest absolute Gasteiger partial charge is 0.481 e. The monoisotopic (exact) mass is 326 g/mol. The van der Waals surface area contributed by atoms with Crippen LogP contribution in [0.1, 0.15) is 11.3 Å². The lowest BCUT2D eigenvalue weighted by Crippen LogP contribution is -2.00. The summed E-state index contributed by atoms with van der Waals surface area (Å²) in [5.41, 5.74) is 2.65. The quantitative estimate of drug-likeness (QED) is 0.901. The lowest BCUT2D eigenvalue weighted by atomic mass is 10.2. The molecule has 18 heavy (non-hydrogen) atoms. The Morgan fingerprint density at radius 2 is 2.33 bits per heavy atom. The topological polar surface area (TPSA) is 62.2 Å². The molecule has 1 aromatic carbocycles. The SMILES string of the molecule is Cc1ccc(Nc2nc(CC(=O)O)cs2)c(Br)c1. The van der Waals surface area contributed by atoms with Crippen LogP contribution in [0.5, 0.6) is 0 Å². The van der Waals surface area contributed by atoms with Crippen LogP contribution in [0.15, 0.2) is 28.1 Å². The van der Waals surface area contributed by atoms with Gasteiger partial charge >= 0.3 is 5.97 Å². The molecule has 2 aromatic rings. The Morgan fingerprint density at radius 3 is 3.00 bits per heavy atom. The number of carboxylic acid groups (broad SMARTS) is 1. The molecule has 0 atom stereocenters. The number of carboxylic acids is 1. The van der Waals surface area contributed by atoms with E-state index in [-0.39, 0.29) is 6.42 Å². The van der Waals surface area contributed by atoms with Crippen molar-refractivity contribution >= 4 is 44.1 Å². The van der Waals surface area contributed by atoms with E-state index in [4.69, 9.17) is 5.11 Å². The van der Waals surface area contributed by atoms with Crippen LogP contribution >= 0.6 is 27.3 Å². The molecule has 0 saturated heterocycles. The standard InChI is InChI=1S/C12H11BrN2O2S/c1-7-2-3-10(9(13)4-7)15-12-14-8(6-18-12)5-11(16)17/h2-4,6H,5H2,1H3,(H,14,15)(H,16,17). The first-order chi connectivity index (χ1) is 8.54. The molecular formula is C12H11BrN2O2S. The second-order valence-corrected chi connectivity index (χ2v) is 5.54. The maximum atomic E-state index is 10.6. The zero-order valence-corrected chi connectivity index (χ0v) is 12.0. The van der Waals surface area contributed by atoms with Crippen LogP contribution in [0, 0.1) is 6.92 Å². The molecule has 0 unspecified atom stereocenters. The van der Waals surface area contributed by atoms with Crippen LogP contribution in [0.4, 0.5) is 10.8 Å². The zero-order valence-electron chi connectivity index (χ0n) is 9.61. The van der Waals surface area contributed by atoms with Gasteiger partial charge in [0, 0.05) is 9.85 Å². The highest BCUT2D eigenvalue weighted by Gasteiger charge is 2.07. The summed E-state index contributed by atoms with van der Waals surface area (Å²) in [6.45, 7) is 2.02. The summed E-state index contributed by atoms with van der Waals surface area (Å²) in [6, 6.07) is 5.96. The fraction of sp³-hybridized carbons (Fsp3) is 0.167. The maximum absolute atomic E-state index is 10.6. The Kier molecular flexibility index (Phi) is 3.98. The first-order valence-corrected chi connectivity index (χ1v) is 6.91. The number of nitrogens with zero attached hydrogens (tertiary/aromatic N) is 1. The Labute approximate surface area is 117 Å². The van der Waals surface area contributed by atoms with Crippen LogP contribution in [-0.4, -0.2) is 16.1 Å². The van der Waals surface area contributed by atoms with E-state index in [9.17, 15) is 4.79 Å². The average molecular weight is 327 g/mol. The molecule has 0 aliphatic heterocycles. The summed E-state index contributed by atoms with van der Waals surface area (Å²) in [6.07, 6.45) is -0.0484. The van der Waals surface area contributed by atoms with E-state index in [0.29, 0.717) is 10.8 Å². The highest BCUT2D eigenvalue weighted by Crippen LogP contribution is 2.28. The molecule has 1 heterocycles. The molecule has 4 nitrogen and oxygen atoms in total. The molecule has 0 bridgehead atoms. The van der Waals surface area contributed by atoms with E-state index in [1.165, 1.54) is 11.3 Å². The number of halogens is 1. The molecule has 0 spiro atoms. The number of aryl methyl sites for hydroxylation is 1. The fourth-order valence-electron chi connectivity index (χ4n) is 1.44. The van der Waals surface area contributed by atoms with E-state index >= 15 is 0 Å². The van der Waals surface area contributed by atoms with E-state index in [0.717, 1.165) is 15.7 Å². The van der Waals surface area contributed by atoms with Crippen molar-refractivity contribution in [1.82, 2.24) is 4.98 Å². The normalized spacial score (nSPS) is 10.3. The Hall–Kier alpha value is -1.40. The van der Waals surface area contributed by atoms with Gasteiger partial charge in [-0.25, -0.2) is 4.98 Å². The number of benzene rings is 1.